The number of nitriles is 1. The normalized spacial score (nSPS) is 10.1. The van der Waals surface area contributed by atoms with Gasteiger partial charge in [-0.05, 0) is 19.1 Å². The first kappa shape index (κ1) is 12.8. The van der Waals surface area contributed by atoms with E-state index >= 15 is 0 Å². The first-order chi connectivity index (χ1) is 8.67. The van der Waals surface area contributed by atoms with Crippen LogP contribution in [0, 0.1) is 18.3 Å². The Bertz CT molecular complexity index is 588. The average Bonchev–Trinajstić information content (AvgIpc) is 2.74. The van der Waals surface area contributed by atoms with Gasteiger partial charge >= 0.3 is 0 Å². The van der Waals surface area contributed by atoms with Crippen LogP contribution in [0.25, 0.3) is 0 Å². The number of halogens is 1. The summed E-state index contributed by atoms with van der Waals surface area (Å²) < 4.78 is 0. The lowest BCUT2D eigenvalue weighted by Gasteiger charge is -2.04. The van der Waals surface area contributed by atoms with Crippen LogP contribution in [0.5, 0.6) is 0 Å². The van der Waals surface area contributed by atoms with Crippen molar-refractivity contribution in [2.24, 2.45) is 0 Å². The quantitative estimate of drug-likeness (QED) is 0.873. The van der Waals surface area contributed by atoms with Crippen molar-refractivity contribution in [2.45, 2.75) is 13.3 Å². The maximum atomic E-state index is 8.82. The summed E-state index contributed by atoms with van der Waals surface area (Å²) in [6.07, 6.45) is 0.828. The molecule has 1 N–H and O–H groups in total. The minimum absolute atomic E-state index is 0.321. The summed E-state index contributed by atoms with van der Waals surface area (Å²) in [6, 6.07) is 5.26. The summed E-state index contributed by atoms with van der Waals surface area (Å²) in [7, 11) is 0. The number of hydrogen-bond donors (Lipinski definition) is 1. The lowest BCUT2D eigenvalue weighted by molar-refractivity contribution is 0.977. The topological polar surface area (TPSA) is 61.6 Å². The Hall–Kier alpha value is -1.64. The van der Waals surface area contributed by atoms with Gasteiger partial charge in [0, 0.05) is 24.0 Å². The van der Waals surface area contributed by atoms with Gasteiger partial charge in [-0.3, -0.25) is 0 Å². The maximum Gasteiger partial charge on any atom is 0.132 e. The standard InChI is InChI=1S/C12H11ClN4S/c1-8-7-18-12(16-8)2-3-15-11-5-9(6-14)4-10(13)17-11/h4-5,7H,2-3H2,1H3,(H,15,17). The molecule has 0 aliphatic carbocycles. The first-order valence-electron chi connectivity index (χ1n) is 5.40. The van der Waals surface area contributed by atoms with Crippen molar-refractivity contribution in [1.29, 1.82) is 5.26 Å². The molecule has 0 bridgehead atoms. The summed E-state index contributed by atoms with van der Waals surface area (Å²) in [5, 5.41) is 15.4. The smallest absolute Gasteiger partial charge is 0.132 e. The summed E-state index contributed by atoms with van der Waals surface area (Å²) in [4.78, 5) is 8.48. The number of nitrogens with zero attached hydrogens (tertiary/aromatic N) is 3. The second-order valence-corrected chi connectivity index (χ2v) is 5.06. The summed E-state index contributed by atoms with van der Waals surface area (Å²) in [5.41, 5.74) is 1.55. The van der Waals surface area contributed by atoms with Gasteiger partial charge in [-0.15, -0.1) is 11.3 Å². The van der Waals surface area contributed by atoms with Crippen LogP contribution in [0.3, 0.4) is 0 Å². The third kappa shape index (κ3) is 3.42. The third-order valence-corrected chi connectivity index (χ3v) is 3.45. The minimum Gasteiger partial charge on any atom is -0.370 e. The summed E-state index contributed by atoms with van der Waals surface area (Å²) in [5.74, 6) is 0.618. The van der Waals surface area contributed by atoms with E-state index in [2.05, 4.69) is 15.3 Å². The molecule has 0 aromatic carbocycles. The van der Waals surface area contributed by atoms with E-state index < -0.39 is 0 Å². The van der Waals surface area contributed by atoms with Crippen molar-refractivity contribution in [3.8, 4) is 6.07 Å². The van der Waals surface area contributed by atoms with Crippen LogP contribution >= 0.6 is 22.9 Å². The van der Waals surface area contributed by atoms with Gasteiger partial charge in [0.1, 0.15) is 11.0 Å². The molecule has 0 amide bonds. The van der Waals surface area contributed by atoms with Gasteiger partial charge in [-0.2, -0.15) is 5.26 Å². The molecule has 4 nitrogen and oxygen atoms in total. The molecule has 6 heteroatoms. The Kier molecular flexibility index (Phi) is 4.13. The van der Waals surface area contributed by atoms with Crippen molar-refractivity contribution < 1.29 is 0 Å². The Balaban J connectivity index is 1.94. The number of aryl methyl sites for hydroxylation is 1. The maximum absolute atomic E-state index is 8.82. The molecule has 18 heavy (non-hydrogen) atoms. The summed E-state index contributed by atoms with van der Waals surface area (Å²) in [6.45, 7) is 2.69. The number of hydrogen-bond acceptors (Lipinski definition) is 5. The molecule has 0 fully saturated rings. The molecular weight excluding hydrogens is 268 g/mol. The number of pyridine rings is 1. The molecule has 2 aromatic heterocycles. The number of anilines is 1. The zero-order valence-corrected chi connectivity index (χ0v) is 11.3. The molecule has 0 atom stereocenters. The van der Waals surface area contributed by atoms with Crippen LogP contribution in [-0.4, -0.2) is 16.5 Å². The first-order valence-corrected chi connectivity index (χ1v) is 6.65. The van der Waals surface area contributed by atoms with Gasteiger partial charge < -0.3 is 5.32 Å². The van der Waals surface area contributed by atoms with Crippen LogP contribution in [-0.2, 0) is 6.42 Å². The number of aromatic nitrogens is 2. The number of rotatable bonds is 4. The lowest BCUT2D eigenvalue weighted by Crippen LogP contribution is -2.06. The van der Waals surface area contributed by atoms with Crippen LogP contribution < -0.4 is 5.32 Å². The average molecular weight is 279 g/mol. The minimum atomic E-state index is 0.321. The van der Waals surface area contributed by atoms with Gasteiger partial charge in [0.05, 0.1) is 16.6 Å². The SMILES string of the molecule is Cc1csc(CCNc2cc(C#N)cc(Cl)n2)n1. The number of nitrogens with one attached hydrogen (secondary N) is 1. The van der Waals surface area contributed by atoms with Crippen LogP contribution in [0.2, 0.25) is 5.15 Å². The fourth-order valence-corrected chi connectivity index (χ4v) is 2.45. The molecule has 0 saturated heterocycles. The molecule has 0 radical (unpaired) electrons. The van der Waals surface area contributed by atoms with E-state index in [-0.39, 0.29) is 0 Å². The van der Waals surface area contributed by atoms with Gasteiger partial charge in [0.25, 0.3) is 0 Å². The fraction of sp³-hybridized carbons (Fsp3) is 0.250. The molecule has 2 heterocycles. The highest BCUT2D eigenvalue weighted by molar-refractivity contribution is 7.09. The molecule has 0 unspecified atom stereocenters. The molecule has 0 aliphatic rings. The van der Waals surface area contributed by atoms with Crippen molar-refractivity contribution in [3.05, 3.63) is 38.9 Å². The molecule has 2 aromatic rings. The molecule has 0 aliphatic heterocycles. The fourth-order valence-electron chi connectivity index (χ4n) is 1.47. The van der Waals surface area contributed by atoms with E-state index in [0.29, 0.717) is 23.1 Å². The molecule has 2 rings (SSSR count). The molecule has 92 valence electrons. The van der Waals surface area contributed by atoms with E-state index in [0.717, 1.165) is 17.1 Å². The highest BCUT2D eigenvalue weighted by atomic mass is 35.5. The zero-order valence-electron chi connectivity index (χ0n) is 9.77. The van der Waals surface area contributed by atoms with Crippen LogP contribution in [0.4, 0.5) is 5.82 Å². The Morgan fingerprint density at radius 1 is 1.44 bits per heavy atom. The van der Waals surface area contributed by atoms with Gasteiger partial charge in [-0.25, -0.2) is 9.97 Å². The van der Waals surface area contributed by atoms with E-state index in [1.807, 2.05) is 18.4 Å². The van der Waals surface area contributed by atoms with Crippen molar-refractivity contribution in [3.63, 3.8) is 0 Å². The zero-order chi connectivity index (χ0) is 13.0. The summed E-state index contributed by atoms with van der Waals surface area (Å²) >= 11 is 7.46. The Morgan fingerprint density at radius 3 is 2.94 bits per heavy atom. The monoisotopic (exact) mass is 278 g/mol. The second-order valence-electron chi connectivity index (χ2n) is 3.73. The highest BCUT2D eigenvalue weighted by Gasteiger charge is 2.02. The third-order valence-electron chi connectivity index (χ3n) is 2.23. The van der Waals surface area contributed by atoms with Crippen LogP contribution in [0.15, 0.2) is 17.5 Å². The van der Waals surface area contributed by atoms with E-state index in [9.17, 15) is 0 Å². The van der Waals surface area contributed by atoms with Crippen molar-refractivity contribution in [2.75, 3.05) is 11.9 Å². The van der Waals surface area contributed by atoms with Gasteiger partial charge in [0.2, 0.25) is 0 Å². The molecular formula is C12H11ClN4S. The Labute approximate surface area is 114 Å². The van der Waals surface area contributed by atoms with Gasteiger partial charge in [0.15, 0.2) is 0 Å². The Morgan fingerprint density at radius 2 is 2.28 bits per heavy atom. The van der Waals surface area contributed by atoms with Crippen LogP contribution in [0.1, 0.15) is 16.3 Å². The second kappa shape index (κ2) is 5.80. The highest BCUT2D eigenvalue weighted by Crippen LogP contribution is 2.14. The van der Waals surface area contributed by atoms with Crippen molar-refractivity contribution in [1.82, 2.24) is 9.97 Å². The largest absolute Gasteiger partial charge is 0.370 e. The molecule has 0 spiro atoms. The van der Waals surface area contributed by atoms with E-state index in [1.165, 1.54) is 6.07 Å². The number of thiazole rings is 1. The lowest BCUT2D eigenvalue weighted by atomic mass is 10.3. The van der Waals surface area contributed by atoms with E-state index in [4.69, 9.17) is 16.9 Å². The van der Waals surface area contributed by atoms with Crippen molar-refractivity contribution >= 4 is 28.8 Å². The predicted octanol–water partition coefficient (Wildman–Crippen LogP) is 3.03. The predicted molar refractivity (Wildman–Crippen MR) is 73.0 cm³/mol. The van der Waals surface area contributed by atoms with E-state index in [1.54, 1.807) is 17.4 Å². The van der Waals surface area contributed by atoms with Gasteiger partial charge in [-0.1, -0.05) is 11.6 Å². The molecule has 0 saturated carbocycles.